The number of nitrogens with zero attached hydrogens (tertiary/aromatic N) is 2. The molecular formula is C16H20N4O5. The van der Waals surface area contributed by atoms with Crippen LogP contribution in [0.4, 0.5) is 0 Å². The number of amides is 1. The molecule has 1 aromatic heterocycles. The van der Waals surface area contributed by atoms with E-state index in [0.29, 0.717) is 28.8 Å². The van der Waals surface area contributed by atoms with Crippen LogP contribution in [0.15, 0.2) is 16.7 Å². The number of methoxy groups -OCH3 is 2. The highest BCUT2D eigenvalue weighted by Crippen LogP contribution is 2.42. The Labute approximate surface area is 144 Å². The molecular weight excluding hydrogens is 328 g/mol. The molecule has 9 heteroatoms. The molecule has 1 aliphatic carbocycles. The minimum atomic E-state index is -0.608. The van der Waals surface area contributed by atoms with Gasteiger partial charge in [-0.1, -0.05) is 5.16 Å². The van der Waals surface area contributed by atoms with E-state index in [9.17, 15) is 4.79 Å². The molecule has 0 unspecified atom stereocenters. The summed E-state index contributed by atoms with van der Waals surface area (Å²) in [7, 11) is 2.94. The summed E-state index contributed by atoms with van der Waals surface area (Å²) in [6, 6.07) is 3.31. The molecule has 3 rings (SSSR count). The van der Waals surface area contributed by atoms with Gasteiger partial charge in [-0.3, -0.25) is 4.79 Å². The van der Waals surface area contributed by atoms with Gasteiger partial charge < -0.3 is 30.2 Å². The lowest BCUT2D eigenvalue weighted by Crippen LogP contribution is -2.44. The molecule has 1 aliphatic rings. The van der Waals surface area contributed by atoms with Crippen molar-refractivity contribution in [2.75, 3.05) is 20.8 Å². The van der Waals surface area contributed by atoms with Gasteiger partial charge in [-0.05, 0) is 31.4 Å². The Morgan fingerprint density at radius 2 is 1.92 bits per heavy atom. The number of benzene rings is 1. The van der Waals surface area contributed by atoms with E-state index in [1.807, 2.05) is 0 Å². The van der Waals surface area contributed by atoms with Crippen molar-refractivity contribution in [1.29, 1.82) is 0 Å². The van der Waals surface area contributed by atoms with Crippen LogP contribution in [0.1, 0.15) is 25.1 Å². The normalized spacial score (nSPS) is 15.3. The molecule has 9 nitrogen and oxygen atoms in total. The maximum absolute atomic E-state index is 11.0. The average molecular weight is 348 g/mol. The van der Waals surface area contributed by atoms with Crippen molar-refractivity contribution in [1.82, 2.24) is 10.1 Å². The summed E-state index contributed by atoms with van der Waals surface area (Å²) in [5.41, 5.74) is 11.4. The molecule has 134 valence electrons. The molecule has 1 saturated carbocycles. The van der Waals surface area contributed by atoms with Crippen LogP contribution in [0.25, 0.3) is 11.5 Å². The zero-order valence-electron chi connectivity index (χ0n) is 14.1. The summed E-state index contributed by atoms with van der Waals surface area (Å²) in [5, 5.41) is 3.99. The van der Waals surface area contributed by atoms with Gasteiger partial charge >= 0.3 is 0 Å². The second-order valence-electron chi connectivity index (χ2n) is 5.90. The van der Waals surface area contributed by atoms with Crippen LogP contribution in [0.5, 0.6) is 17.2 Å². The Morgan fingerprint density at radius 1 is 1.28 bits per heavy atom. The highest BCUT2D eigenvalue weighted by molar-refractivity contribution is 5.76. The molecule has 25 heavy (non-hydrogen) atoms. The van der Waals surface area contributed by atoms with Crippen molar-refractivity contribution in [2.45, 2.75) is 24.8 Å². The van der Waals surface area contributed by atoms with Crippen LogP contribution in [0, 0.1) is 0 Å². The van der Waals surface area contributed by atoms with Gasteiger partial charge in [0.15, 0.2) is 23.9 Å². The van der Waals surface area contributed by atoms with Crippen molar-refractivity contribution < 1.29 is 23.5 Å². The third-order valence-electron chi connectivity index (χ3n) is 4.18. The molecule has 0 spiro atoms. The van der Waals surface area contributed by atoms with Gasteiger partial charge in [0.05, 0.1) is 19.8 Å². The molecule has 1 aromatic carbocycles. The molecule has 0 radical (unpaired) electrons. The lowest BCUT2D eigenvalue weighted by molar-refractivity contribution is -0.119. The van der Waals surface area contributed by atoms with Crippen LogP contribution < -0.4 is 25.7 Å². The lowest BCUT2D eigenvalue weighted by atomic mass is 9.77. The minimum Gasteiger partial charge on any atom is -0.493 e. The summed E-state index contributed by atoms with van der Waals surface area (Å²) in [5.74, 6) is 1.14. The average Bonchev–Trinajstić information content (AvgIpc) is 3.07. The molecule has 1 amide bonds. The zero-order valence-corrected chi connectivity index (χ0v) is 14.1. The van der Waals surface area contributed by atoms with E-state index in [0.717, 1.165) is 19.3 Å². The Balaban J connectivity index is 1.95. The van der Waals surface area contributed by atoms with E-state index in [1.165, 1.54) is 14.2 Å². The Bertz CT molecular complexity index is 760. The molecule has 0 aliphatic heterocycles. The fourth-order valence-electron chi connectivity index (χ4n) is 2.61. The number of rotatable bonds is 7. The third-order valence-corrected chi connectivity index (χ3v) is 4.18. The topological polar surface area (TPSA) is 136 Å². The number of primary amides is 1. The summed E-state index contributed by atoms with van der Waals surface area (Å²) in [6.07, 6.45) is 2.71. The van der Waals surface area contributed by atoms with Crippen molar-refractivity contribution in [3.63, 3.8) is 0 Å². The fraction of sp³-hybridized carbons (Fsp3) is 0.438. The Kier molecular flexibility index (Phi) is 4.49. The van der Waals surface area contributed by atoms with E-state index in [-0.39, 0.29) is 12.4 Å². The first-order valence-corrected chi connectivity index (χ1v) is 7.77. The highest BCUT2D eigenvalue weighted by atomic mass is 16.5. The summed E-state index contributed by atoms with van der Waals surface area (Å²) >= 11 is 0. The van der Waals surface area contributed by atoms with E-state index in [4.69, 9.17) is 30.2 Å². The van der Waals surface area contributed by atoms with Crippen molar-refractivity contribution in [3.8, 4) is 28.7 Å². The van der Waals surface area contributed by atoms with Crippen molar-refractivity contribution in [2.24, 2.45) is 11.5 Å². The Hall–Kier alpha value is -2.81. The van der Waals surface area contributed by atoms with Crippen LogP contribution in [0.2, 0.25) is 0 Å². The summed E-state index contributed by atoms with van der Waals surface area (Å²) in [6.45, 7) is -0.299. The minimum absolute atomic E-state index is 0.265. The maximum atomic E-state index is 11.0. The first-order chi connectivity index (χ1) is 12.0. The SMILES string of the molecule is COc1cc(-c2nc(C3(N)CCC3)no2)cc(OC)c1OCC(N)=O. The Morgan fingerprint density at radius 3 is 2.40 bits per heavy atom. The molecule has 1 fully saturated rings. The van der Waals surface area contributed by atoms with Gasteiger partial charge in [-0.15, -0.1) is 0 Å². The largest absolute Gasteiger partial charge is 0.493 e. The fourth-order valence-corrected chi connectivity index (χ4v) is 2.61. The first-order valence-electron chi connectivity index (χ1n) is 7.77. The van der Waals surface area contributed by atoms with Gasteiger partial charge in [-0.2, -0.15) is 4.98 Å². The van der Waals surface area contributed by atoms with Crippen LogP contribution in [-0.2, 0) is 10.3 Å². The molecule has 0 bridgehead atoms. The molecule has 4 N–H and O–H groups in total. The second-order valence-corrected chi connectivity index (χ2v) is 5.90. The van der Waals surface area contributed by atoms with Gasteiger partial charge in [0.2, 0.25) is 5.75 Å². The number of hydrogen-bond acceptors (Lipinski definition) is 8. The third kappa shape index (κ3) is 3.22. The maximum Gasteiger partial charge on any atom is 0.258 e. The molecule has 2 aromatic rings. The predicted octanol–water partition coefficient (Wildman–Crippen LogP) is 0.956. The zero-order chi connectivity index (χ0) is 18.0. The van der Waals surface area contributed by atoms with Gasteiger partial charge in [0.25, 0.3) is 11.8 Å². The number of carbonyl (C=O) groups is 1. The second kappa shape index (κ2) is 6.60. The van der Waals surface area contributed by atoms with Crippen LogP contribution in [0.3, 0.4) is 0 Å². The monoisotopic (exact) mass is 348 g/mol. The van der Waals surface area contributed by atoms with Gasteiger partial charge in [0.1, 0.15) is 0 Å². The van der Waals surface area contributed by atoms with Gasteiger partial charge in [0, 0.05) is 5.56 Å². The van der Waals surface area contributed by atoms with Crippen LogP contribution >= 0.6 is 0 Å². The molecule has 0 saturated heterocycles. The molecule has 0 atom stereocenters. The van der Waals surface area contributed by atoms with Crippen LogP contribution in [-0.4, -0.2) is 36.9 Å². The number of aromatic nitrogens is 2. The smallest absolute Gasteiger partial charge is 0.258 e. The van der Waals surface area contributed by atoms with E-state index >= 15 is 0 Å². The molecule has 1 heterocycles. The van der Waals surface area contributed by atoms with Crippen molar-refractivity contribution in [3.05, 3.63) is 18.0 Å². The standard InChI is InChI=1S/C16H20N4O5/c1-22-10-6-9(7-11(23-2)13(10)24-8-12(17)21)14-19-15(20-25-14)16(18)4-3-5-16/h6-7H,3-5,8,18H2,1-2H3,(H2,17,21). The van der Waals surface area contributed by atoms with E-state index < -0.39 is 11.4 Å². The first kappa shape index (κ1) is 17.0. The number of ether oxygens (including phenoxy) is 3. The number of carbonyl (C=O) groups excluding carboxylic acids is 1. The van der Waals surface area contributed by atoms with E-state index in [1.54, 1.807) is 12.1 Å². The highest BCUT2D eigenvalue weighted by Gasteiger charge is 2.39. The van der Waals surface area contributed by atoms with Crippen molar-refractivity contribution >= 4 is 5.91 Å². The quantitative estimate of drug-likeness (QED) is 0.755. The summed E-state index contributed by atoms with van der Waals surface area (Å²) < 4.78 is 21.4. The number of hydrogen-bond donors (Lipinski definition) is 2. The number of nitrogens with two attached hydrogens (primary N) is 2. The predicted molar refractivity (Wildman–Crippen MR) is 87.2 cm³/mol. The summed E-state index contributed by atoms with van der Waals surface area (Å²) in [4.78, 5) is 15.4. The van der Waals surface area contributed by atoms with E-state index in [2.05, 4.69) is 10.1 Å². The van der Waals surface area contributed by atoms with Gasteiger partial charge in [-0.25, -0.2) is 0 Å². The lowest BCUT2D eigenvalue weighted by Gasteiger charge is -2.34.